The number of nitrogens with one attached hydrogen (secondary N) is 2. The van der Waals surface area contributed by atoms with Crippen LogP contribution in [0.1, 0.15) is 41.7 Å². The molecule has 2 aromatic heterocycles. The Balaban J connectivity index is 1.29. The molecule has 8 nitrogen and oxygen atoms in total. The summed E-state index contributed by atoms with van der Waals surface area (Å²) in [5.41, 5.74) is 0.349. The number of alkyl halides is 3. The number of rotatable bonds is 5. The number of nitrogens with zero attached hydrogens (tertiary/aromatic N) is 5. The Kier molecular flexibility index (Phi) is 6.25. The lowest BCUT2D eigenvalue weighted by Crippen LogP contribution is -2.41. The second-order valence-electron chi connectivity index (χ2n) is 8.69. The third kappa shape index (κ3) is 5.11. The van der Waals surface area contributed by atoms with Crippen LogP contribution in [-0.2, 0) is 6.18 Å². The van der Waals surface area contributed by atoms with E-state index in [0.717, 1.165) is 25.0 Å². The lowest BCUT2D eigenvalue weighted by atomic mass is 9.90. The molecule has 1 aliphatic carbocycles. The molecular weight excluding hydrogens is 478 g/mol. The molecule has 1 aliphatic rings. The van der Waals surface area contributed by atoms with E-state index in [1.165, 1.54) is 23.1 Å². The summed E-state index contributed by atoms with van der Waals surface area (Å²) in [6.45, 7) is 0. The van der Waals surface area contributed by atoms with Gasteiger partial charge in [-0.05, 0) is 84.6 Å². The molecule has 12 heteroatoms. The molecular formula is C24H21F4N7O. The highest BCUT2D eigenvalue weighted by Gasteiger charge is 2.34. The Bertz CT molecular complexity index is 1370. The number of fused-ring (bicyclic) bond motifs is 1. The summed E-state index contributed by atoms with van der Waals surface area (Å²) >= 11 is 0. The summed E-state index contributed by atoms with van der Waals surface area (Å²) in [5.74, 6) is -0.813. The van der Waals surface area contributed by atoms with Gasteiger partial charge in [0.15, 0.2) is 0 Å². The van der Waals surface area contributed by atoms with Gasteiger partial charge in [0.05, 0.1) is 11.2 Å². The van der Waals surface area contributed by atoms with Crippen molar-refractivity contribution < 1.29 is 22.4 Å². The molecule has 2 N–H and O–H groups in total. The SMILES string of the molecule is O=C(N[C@@H]1CCC[C@H](Nc2cc(C(F)(F)F)nc3ccc(F)cc23)C1)c1ccc(-n2cnnn2)cc1. The van der Waals surface area contributed by atoms with Crippen LogP contribution in [0.15, 0.2) is 54.9 Å². The standard InChI is InChI=1S/C24H21F4N7O/c25-15-6-9-20-19(10-15)21(12-22(32-20)24(26,27)28)30-16-2-1-3-17(11-16)31-23(36)14-4-7-18(8-5-14)35-13-29-33-34-35/h4-10,12-13,16-17H,1-3,11H2,(H,30,32)(H,31,36)/t16-,17+/m0/s1. The van der Waals surface area contributed by atoms with Gasteiger partial charge in [-0.15, -0.1) is 5.10 Å². The minimum absolute atomic E-state index is 0.0551. The van der Waals surface area contributed by atoms with Crippen LogP contribution in [0, 0.1) is 5.82 Å². The number of hydrogen-bond donors (Lipinski definition) is 2. The monoisotopic (exact) mass is 499 g/mol. The highest BCUT2D eigenvalue weighted by atomic mass is 19.4. The predicted molar refractivity (Wildman–Crippen MR) is 123 cm³/mol. The van der Waals surface area contributed by atoms with Gasteiger partial charge in [-0.3, -0.25) is 4.79 Å². The van der Waals surface area contributed by atoms with Crippen molar-refractivity contribution in [3.05, 3.63) is 71.9 Å². The van der Waals surface area contributed by atoms with Gasteiger partial charge in [0.1, 0.15) is 17.8 Å². The lowest BCUT2D eigenvalue weighted by Gasteiger charge is -2.31. The zero-order valence-corrected chi connectivity index (χ0v) is 18.8. The number of carbonyl (C=O) groups is 1. The fourth-order valence-corrected chi connectivity index (χ4v) is 4.45. The van der Waals surface area contributed by atoms with Crippen molar-refractivity contribution in [2.24, 2.45) is 0 Å². The first-order valence-corrected chi connectivity index (χ1v) is 11.3. The maximum atomic E-state index is 13.9. The zero-order chi connectivity index (χ0) is 25.3. The average molecular weight is 499 g/mol. The van der Waals surface area contributed by atoms with E-state index in [4.69, 9.17) is 0 Å². The molecule has 0 saturated heterocycles. The summed E-state index contributed by atoms with van der Waals surface area (Å²) in [4.78, 5) is 16.4. The second kappa shape index (κ2) is 9.51. The van der Waals surface area contributed by atoms with Gasteiger partial charge in [-0.2, -0.15) is 13.2 Å². The van der Waals surface area contributed by atoms with Gasteiger partial charge in [0.25, 0.3) is 5.91 Å². The molecule has 0 bridgehead atoms. The number of tetrazole rings is 1. The van der Waals surface area contributed by atoms with E-state index in [1.54, 1.807) is 24.3 Å². The van der Waals surface area contributed by atoms with Gasteiger partial charge in [0.2, 0.25) is 0 Å². The second-order valence-corrected chi connectivity index (χ2v) is 8.69. The third-order valence-corrected chi connectivity index (χ3v) is 6.17. The first kappa shape index (κ1) is 23.6. The van der Waals surface area contributed by atoms with Gasteiger partial charge >= 0.3 is 6.18 Å². The van der Waals surface area contributed by atoms with Gasteiger partial charge in [0, 0.05) is 28.7 Å². The summed E-state index contributed by atoms with van der Waals surface area (Å²) in [6.07, 6.45) is -0.469. The van der Waals surface area contributed by atoms with E-state index in [1.807, 2.05) is 0 Å². The molecule has 0 spiro atoms. The maximum absolute atomic E-state index is 13.9. The summed E-state index contributed by atoms with van der Waals surface area (Å²) < 4.78 is 55.5. The highest BCUT2D eigenvalue weighted by Crippen LogP contribution is 2.34. The first-order chi connectivity index (χ1) is 17.3. The fourth-order valence-electron chi connectivity index (χ4n) is 4.45. The summed E-state index contributed by atoms with van der Waals surface area (Å²) in [7, 11) is 0. The van der Waals surface area contributed by atoms with Crippen molar-refractivity contribution >= 4 is 22.5 Å². The first-order valence-electron chi connectivity index (χ1n) is 11.3. The molecule has 5 rings (SSSR count). The van der Waals surface area contributed by atoms with E-state index < -0.39 is 17.7 Å². The quantitative estimate of drug-likeness (QED) is 0.392. The Morgan fingerprint density at radius 2 is 1.81 bits per heavy atom. The molecule has 2 atom stereocenters. The van der Waals surface area contributed by atoms with Crippen molar-refractivity contribution in [1.29, 1.82) is 0 Å². The van der Waals surface area contributed by atoms with Crippen molar-refractivity contribution in [3.63, 3.8) is 0 Å². The van der Waals surface area contributed by atoms with Crippen LogP contribution < -0.4 is 10.6 Å². The molecule has 0 radical (unpaired) electrons. The molecule has 2 aromatic carbocycles. The minimum Gasteiger partial charge on any atom is -0.382 e. The Hall–Kier alpha value is -4.09. The lowest BCUT2D eigenvalue weighted by molar-refractivity contribution is -0.140. The normalized spacial score (nSPS) is 18.2. The summed E-state index contributed by atoms with van der Waals surface area (Å²) in [6, 6.07) is 10.8. The molecule has 1 saturated carbocycles. The van der Waals surface area contributed by atoms with Crippen molar-refractivity contribution in [1.82, 2.24) is 30.5 Å². The van der Waals surface area contributed by atoms with Gasteiger partial charge in [-0.25, -0.2) is 14.1 Å². The number of amides is 1. The number of hydrogen-bond acceptors (Lipinski definition) is 6. The predicted octanol–water partition coefficient (Wildman–Crippen LogP) is 4.52. The Labute approximate surface area is 202 Å². The van der Waals surface area contributed by atoms with Gasteiger partial charge < -0.3 is 10.6 Å². The molecule has 36 heavy (non-hydrogen) atoms. The Morgan fingerprint density at radius 1 is 1.03 bits per heavy atom. The molecule has 186 valence electrons. The number of carbonyl (C=O) groups excluding carboxylic acids is 1. The van der Waals surface area contributed by atoms with Crippen LogP contribution in [0.4, 0.5) is 23.2 Å². The van der Waals surface area contributed by atoms with Crippen LogP contribution in [0.2, 0.25) is 0 Å². The highest BCUT2D eigenvalue weighted by molar-refractivity contribution is 5.94. The van der Waals surface area contributed by atoms with Crippen LogP contribution in [0.25, 0.3) is 16.6 Å². The molecule has 0 aliphatic heterocycles. The van der Waals surface area contributed by atoms with Crippen LogP contribution in [0.5, 0.6) is 0 Å². The number of pyridine rings is 1. The van der Waals surface area contributed by atoms with Gasteiger partial charge in [-0.1, -0.05) is 0 Å². The Morgan fingerprint density at radius 3 is 2.53 bits per heavy atom. The smallest absolute Gasteiger partial charge is 0.382 e. The molecule has 4 aromatic rings. The average Bonchev–Trinajstić information content (AvgIpc) is 3.39. The van der Waals surface area contributed by atoms with E-state index in [0.29, 0.717) is 24.1 Å². The largest absolute Gasteiger partial charge is 0.433 e. The van der Waals surface area contributed by atoms with Crippen molar-refractivity contribution in [2.75, 3.05) is 5.32 Å². The fraction of sp³-hybridized carbons (Fsp3) is 0.292. The van der Waals surface area contributed by atoms with E-state index in [-0.39, 0.29) is 34.6 Å². The van der Waals surface area contributed by atoms with E-state index in [2.05, 4.69) is 31.1 Å². The van der Waals surface area contributed by atoms with E-state index in [9.17, 15) is 22.4 Å². The topological polar surface area (TPSA) is 97.6 Å². The number of anilines is 1. The van der Waals surface area contributed by atoms with Crippen LogP contribution >= 0.6 is 0 Å². The van der Waals surface area contributed by atoms with Crippen molar-refractivity contribution in [3.8, 4) is 5.69 Å². The number of halogens is 4. The van der Waals surface area contributed by atoms with E-state index >= 15 is 0 Å². The number of benzene rings is 2. The molecule has 2 heterocycles. The maximum Gasteiger partial charge on any atom is 0.433 e. The molecule has 0 unspecified atom stereocenters. The van der Waals surface area contributed by atoms with Crippen LogP contribution in [0.3, 0.4) is 0 Å². The van der Waals surface area contributed by atoms with Crippen LogP contribution in [-0.4, -0.2) is 43.2 Å². The number of aromatic nitrogens is 5. The summed E-state index contributed by atoms with van der Waals surface area (Å²) in [5, 5.41) is 17.4. The minimum atomic E-state index is -4.64. The third-order valence-electron chi connectivity index (χ3n) is 6.17. The molecule has 1 fully saturated rings. The molecule has 1 amide bonds. The van der Waals surface area contributed by atoms with Crippen molar-refractivity contribution in [2.45, 2.75) is 43.9 Å². The zero-order valence-electron chi connectivity index (χ0n) is 18.8.